The molecule has 0 radical (unpaired) electrons. The van der Waals surface area contributed by atoms with Crippen LogP contribution in [0.25, 0.3) is 10.6 Å². The molecule has 1 aromatic heterocycles. The van der Waals surface area contributed by atoms with Gasteiger partial charge in [-0.05, 0) is 30.2 Å². The quantitative estimate of drug-likeness (QED) is 0.378. The van der Waals surface area contributed by atoms with Crippen LogP contribution in [-0.4, -0.2) is 49.5 Å². The molecule has 35 heavy (non-hydrogen) atoms. The highest BCUT2D eigenvalue weighted by Crippen LogP contribution is 2.28. The summed E-state index contributed by atoms with van der Waals surface area (Å²) in [7, 11) is 4.65. The topological polar surface area (TPSA) is 124 Å². The van der Waals surface area contributed by atoms with Gasteiger partial charge < -0.3 is 24.8 Å². The Hall–Kier alpha value is -3.86. The number of nitrogens with one attached hydrogen (secondary N) is 3. The number of urea groups is 1. The lowest BCUT2D eigenvalue weighted by Gasteiger charge is -2.23. The molecule has 0 bridgehead atoms. The van der Waals surface area contributed by atoms with Crippen LogP contribution in [0.4, 0.5) is 15.6 Å². The first-order valence-corrected chi connectivity index (χ1v) is 11.8. The molecular weight excluding hydrogens is 470 g/mol. The van der Waals surface area contributed by atoms with Crippen LogP contribution in [0.15, 0.2) is 42.5 Å². The van der Waals surface area contributed by atoms with E-state index in [4.69, 9.17) is 14.2 Å². The maximum Gasteiger partial charge on any atom is 0.319 e. The summed E-state index contributed by atoms with van der Waals surface area (Å²) in [4.78, 5) is 25.8. The van der Waals surface area contributed by atoms with Crippen molar-refractivity contribution in [3.63, 3.8) is 0 Å². The van der Waals surface area contributed by atoms with Crippen LogP contribution in [-0.2, 0) is 4.79 Å². The SMILES string of the molecule is CC[C@H](C)[C@@H](NC(=O)Nc1cc(OC)cc(OC)c1)C(=O)Nc1nnc(-c2ccc(OC)cc2)s1. The van der Waals surface area contributed by atoms with Gasteiger partial charge in [-0.1, -0.05) is 31.6 Å². The Kier molecular flexibility index (Phi) is 8.85. The molecule has 10 nitrogen and oxygen atoms in total. The van der Waals surface area contributed by atoms with Crippen molar-refractivity contribution >= 4 is 34.1 Å². The fourth-order valence-corrected chi connectivity index (χ4v) is 3.95. The van der Waals surface area contributed by atoms with Gasteiger partial charge in [-0.2, -0.15) is 0 Å². The fourth-order valence-electron chi connectivity index (χ4n) is 3.20. The maximum atomic E-state index is 13.1. The van der Waals surface area contributed by atoms with Crippen LogP contribution >= 0.6 is 11.3 Å². The minimum atomic E-state index is -0.791. The summed E-state index contributed by atoms with van der Waals surface area (Å²) in [6, 6.07) is 11.1. The summed E-state index contributed by atoms with van der Waals surface area (Å²) in [6.45, 7) is 3.84. The Morgan fingerprint density at radius 1 is 0.914 bits per heavy atom. The molecule has 2 atom stereocenters. The summed E-state index contributed by atoms with van der Waals surface area (Å²) >= 11 is 1.24. The Labute approximate surface area is 208 Å². The highest BCUT2D eigenvalue weighted by molar-refractivity contribution is 7.18. The average Bonchev–Trinajstić information content (AvgIpc) is 3.34. The first-order valence-electron chi connectivity index (χ1n) is 11.0. The maximum absolute atomic E-state index is 13.1. The van der Waals surface area contributed by atoms with Crippen molar-refractivity contribution in [2.45, 2.75) is 26.3 Å². The molecule has 0 aliphatic rings. The first-order chi connectivity index (χ1) is 16.9. The Bertz CT molecular complexity index is 1130. The van der Waals surface area contributed by atoms with Gasteiger partial charge in [0, 0.05) is 29.4 Å². The van der Waals surface area contributed by atoms with E-state index in [-0.39, 0.29) is 11.8 Å². The molecule has 0 saturated carbocycles. The van der Waals surface area contributed by atoms with Gasteiger partial charge >= 0.3 is 6.03 Å². The third kappa shape index (κ3) is 6.82. The smallest absolute Gasteiger partial charge is 0.319 e. The second-order valence-corrected chi connectivity index (χ2v) is 8.67. The molecule has 1 heterocycles. The van der Waals surface area contributed by atoms with Crippen LogP contribution in [0.5, 0.6) is 17.2 Å². The predicted octanol–water partition coefficient (Wildman–Crippen LogP) is 4.41. The highest BCUT2D eigenvalue weighted by Gasteiger charge is 2.27. The summed E-state index contributed by atoms with van der Waals surface area (Å²) in [5.74, 6) is 1.28. The molecule has 0 aliphatic carbocycles. The number of ether oxygens (including phenoxy) is 3. The van der Waals surface area contributed by atoms with Crippen molar-refractivity contribution in [2.24, 2.45) is 5.92 Å². The zero-order chi connectivity index (χ0) is 25.4. The molecule has 186 valence electrons. The number of hydrogen-bond donors (Lipinski definition) is 3. The summed E-state index contributed by atoms with van der Waals surface area (Å²) < 4.78 is 15.6. The number of carbonyl (C=O) groups is 2. The second kappa shape index (κ2) is 12.0. The molecular formula is C24H29N5O5S. The Balaban J connectivity index is 1.68. The Morgan fingerprint density at radius 3 is 2.11 bits per heavy atom. The number of hydrogen-bond acceptors (Lipinski definition) is 8. The monoisotopic (exact) mass is 499 g/mol. The van der Waals surface area contributed by atoms with Crippen LogP contribution in [0, 0.1) is 5.92 Å². The van der Waals surface area contributed by atoms with E-state index >= 15 is 0 Å². The van der Waals surface area contributed by atoms with Gasteiger partial charge in [-0.25, -0.2) is 4.79 Å². The molecule has 3 amide bonds. The molecule has 0 fully saturated rings. The van der Waals surface area contributed by atoms with Gasteiger partial charge in [0.2, 0.25) is 11.0 Å². The fraction of sp³-hybridized carbons (Fsp3) is 0.333. The van der Waals surface area contributed by atoms with Crippen LogP contribution in [0.1, 0.15) is 20.3 Å². The van der Waals surface area contributed by atoms with E-state index in [9.17, 15) is 9.59 Å². The van der Waals surface area contributed by atoms with Crippen molar-refractivity contribution in [3.05, 3.63) is 42.5 Å². The number of nitrogens with zero attached hydrogens (tertiary/aromatic N) is 2. The van der Waals surface area contributed by atoms with Gasteiger partial charge in [0.1, 0.15) is 28.3 Å². The number of rotatable bonds is 10. The minimum absolute atomic E-state index is 0.130. The summed E-state index contributed by atoms with van der Waals surface area (Å²) in [6.07, 6.45) is 0.679. The minimum Gasteiger partial charge on any atom is -0.497 e. The molecule has 3 aromatic rings. The van der Waals surface area contributed by atoms with Gasteiger partial charge in [0.15, 0.2) is 0 Å². The molecule has 0 aliphatic heterocycles. The molecule has 3 rings (SSSR count). The van der Waals surface area contributed by atoms with Crippen LogP contribution < -0.4 is 30.2 Å². The third-order valence-electron chi connectivity index (χ3n) is 5.38. The molecule has 2 aromatic carbocycles. The van der Waals surface area contributed by atoms with E-state index in [1.807, 2.05) is 38.1 Å². The van der Waals surface area contributed by atoms with E-state index < -0.39 is 12.1 Å². The van der Waals surface area contributed by atoms with Gasteiger partial charge in [-0.3, -0.25) is 10.1 Å². The van der Waals surface area contributed by atoms with E-state index in [0.717, 1.165) is 11.3 Å². The van der Waals surface area contributed by atoms with Gasteiger partial charge in [0.25, 0.3) is 0 Å². The molecule has 3 N–H and O–H groups in total. The highest BCUT2D eigenvalue weighted by atomic mass is 32.1. The average molecular weight is 500 g/mol. The van der Waals surface area contributed by atoms with Crippen LogP contribution in [0.2, 0.25) is 0 Å². The number of anilines is 2. The summed E-state index contributed by atoms with van der Waals surface area (Å²) in [5, 5.41) is 17.5. The summed E-state index contributed by atoms with van der Waals surface area (Å²) in [5.41, 5.74) is 1.32. The van der Waals surface area contributed by atoms with Crippen molar-refractivity contribution in [3.8, 4) is 27.8 Å². The lowest BCUT2D eigenvalue weighted by molar-refractivity contribution is -0.119. The van der Waals surface area contributed by atoms with Gasteiger partial charge in [-0.15, -0.1) is 10.2 Å². The molecule has 0 saturated heterocycles. The van der Waals surface area contributed by atoms with E-state index in [1.54, 1.807) is 25.3 Å². The number of benzene rings is 2. The number of carbonyl (C=O) groups excluding carboxylic acids is 2. The van der Waals surface area contributed by atoms with Crippen molar-refractivity contribution in [2.75, 3.05) is 32.0 Å². The Morgan fingerprint density at radius 2 is 1.54 bits per heavy atom. The lowest BCUT2D eigenvalue weighted by Crippen LogP contribution is -2.49. The normalized spacial score (nSPS) is 12.3. The van der Waals surface area contributed by atoms with Crippen LogP contribution in [0.3, 0.4) is 0 Å². The third-order valence-corrected chi connectivity index (χ3v) is 6.27. The molecule has 0 unspecified atom stereocenters. The zero-order valence-electron chi connectivity index (χ0n) is 20.2. The second-order valence-electron chi connectivity index (χ2n) is 7.69. The van der Waals surface area contributed by atoms with E-state index in [0.29, 0.717) is 33.7 Å². The number of aromatic nitrogens is 2. The zero-order valence-corrected chi connectivity index (χ0v) is 21.1. The van der Waals surface area contributed by atoms with E-state index in [1.165, 1.54) is 25.6 Å². The predicted molar refractivity (Wildman–Crippen MR) is 135 cm³/mol. The number of methoxy groups -OCH3 is 3. The van der Waals surface area contributed by atoms with Crippen molar-refractivity contribution < 1.29 is 23.8 Å². The van der Waals surface area contributed by atoms with Gasteiger partial charge in [0.05, 0.1) is 21.3 Å². The van der Waals surface area contributed by atoms with E-state index in [2.05, 4.69) is 26.1 Å². The van der Waals surface area contributed by atoms with Crippen molar-refractivity contribution in [1.82, 2.24) is 15.5 Å². The largest absolute Gasteiger partial charge is 0.497 e. The molecule has 0 spiro atoms. The molecule has 11 heteroatoms. The van der Waals surface area contributed by atoms with Crippen molar-refractivity contribution in [1.29, 1.82) is 0 Å². The standard InChI is InChI=1S/C24H29N5O5S/c1-6-14(2)20(26-23(31)25-16-11-18(33-4)13-19(12-16)34-5)21(30)27-24-29-28-22(35-24)15-7-9-17(32-3)10-8-15/h7-14,20H,6H2,1-5H3,(H2,25,26,31)(H,27,29,30)/t14-,20+/m0/s1. The first kappa shape index (κ1) is 25.8. The number of amides is 3. The lowest BCUT2D eigenvalue weighted by atomic mass is 9.98.